The van der Waals surface area contributed by atoms with Crippen molar-refractivity contribution in [2.45, 2.75) is 31.6 Å². The van der Waals surface area contributed by atoms with E-state index in [9.17, 15) is 18.0 Å². The summed E-state index contributed by atoms with van der Waals surface area (Å²) in [6.45, 7) is 0.450. The van der Waals surface area contributed by atoms with Crippen LogP contribution >= 0.6 is 0 Å². The fraction of sp³-hybridized carbons (Fsp3) is 0.294. The van der Waals surface area contributed by atoms with E-state index in [0.717, 1.165) is 30.7 Å². The van der Waals surface area contributed by atoms with E-state index in [1.54, 1.807) is 4.90 Å². The second kappa shape index (κ2) is 6.02. The topological polar surface area (TPSA) is 33.2 Å². The van der Waals surface area contributed by atoms with Gasteiger partial charge in [0.1, 0.15) is 5.69 Å². The lowest BCUT2D eigenvalue weighted by Gasteiger charge is -2.22. The number of carbonyl (C=O) groups excluding carboxylic acids is 1. The van der Waals surface area contributed by atoms with Crippen molar-refractivity contribution < 1.29 is 18.0 Å². The number of hydrogen-bond acceptors (Lipinski definition) is 2. The van der Waals surface area contributed by atoms with Crippen LogP contribution in [0.15, 0.2) is 48.7 Å². The van der Waals surface area contributed by atoms with E-state index in [0.29, 0.717) is 6.54 Å². The number of hydrogen-bond donors (Lipinski definition) is 0. The molecule has 0 spiro atoms. The van der Waals surface area contributed by atoms with Gasteiger partial charge in [-0.2, -0.15) is 13.2 Å². The molecule has 1 saturated carbocycles. The number of aromatic nitrogens is 1. The minimum absolute atomic E-state index is 0.157. The molecule has 6 heteroatoms. The number of rotatable bonds is 4. The van der Waals surface area contributed by atoms with E-state index in [2.05, 4.69) is 4.98 Å². The average Bonchev–Trinajstić information content (AvgIpc) is 3.37. The summed E-state index contributed by atoms with van der Waals surface area (Å²) < 4.78 is 37.6. The minimum Gasteiger partial charge on any atom is -0.331 e. The second-order valence-corrected chi connectivity index (χ2v) is 5.58. The van der Waals surface area contributed by atoms with Gasteiger partial charge in [-0.05, 0) is 30.5 Å². The summed E-state index contributed by atoms with van der Waals surface area (Å²) in [7, 11) is 0. The Morgan fingerprint density at radius 2 is 1.83 bits per heavy atom. The quantitative estimate of drug-likeness (QED) is 0.856. The molecule has 23 heavy (non-hydrogen) atoms. The van der Waals surface area contributed by atoms with Gasteiger partial charge in [-0.15, -0.1) is 0 Å². The highest BCUT2D eigenvalue weighted by atomic mass is 19.4. The van der Waals surface area contributed by atoms with Gasteiger partial charge in [0.15, 0.2) is 0 Å². The van der Waals surface area contributed by atoms with Gasteiger partial charge in [-0.25, -0.2) is 0 Å². The van der Waals surface area contributed by atoms with Crippen molar-refractivity contribution in [3.05, 3.63) is 65.5 Å². The second-order valence-electron chi connectivity index (χ2n) is 5.58. The predicted molar refractivity (Wildman–Crippen MR) is 78.6 cm³/mol. The third-order valence-electron chi connectivity index (χ3n) is 3.75. The SMILES string of the molecule is O=C(c1ccc(C(F)(F)F)nc1)N(Cc1ccccc1)C1CC1. The van der Waals surface area contributed by atoms with Gasteiger partial charge in [-0.3, -0.25) is 9.78 Å². The fourth-order valence-electron chi connectivity index (χ4n) is 2.39. The molecule has 0 unspecified atom stereocenters. The zero-order valence-corrected chi connectivity index (χ0v) is 12.3. The summed E-state index contributed by atoms with van der Waals surface area (Å²) >= 11 is 0. The minimum atomic E-state index is -4.50. The lowest BCUT2D eigenvalue weighted by molar-refractivity contribution is -0.141. The van der Waals surface area contributed by atoms with Crippen molar-refractivity contribution >= 4 is 5.91 Å². The Bertz CT molecular complexity index is 679. The number of pyridine rings is 1. The summed E-state index contributed by atoms with van der Waals surface area (Å²) in [4.78, 5) is 17.7. The zero-order chi connectivity index (χ0) is 16.4. The van der Waals surface area contributed by atoms with Crippen LogP contribution in [0.4, 0.5) is 13.2 Å². The van der Waals surface area contributed by atoms with Crippen LogP contribution in [0.3, 0.4) is 0 Å². The van der Waals surface area contributed by atoms with E-state index in [4.69, 9.17) is 0 Å². The number of alkyl halides is 3. The van der Waals surface area contributed by atoms with Crippen molar-refractivity contribution in [3.8, 4) is 0 Å². The van der Waals surface area contributed by atoms with Crippen molar-refractivity contribution in [1.82, 2.24) is 9.88 Å². The number of halogens is 3. The Morgan fingerprint density at radius 1 is 1.13 bits per heavy atom. The Balaban J connectivity index is 1.79. The molecule has 1 amide bonds. The third-order valence-corrected chi connectivity index (χ3v) is 3.75. The molecule has 0 saturated heterocycles. The first-order valence-corrected chi connectivity index (χ1v) is 7.33. The molecule has 3 rings (SSSR count). The monoisotopic (exact) mass is 320 g/mol. The van der Waals surface area contributed by atoms with Gasteiger partial charge in [0.05, 0.1) is 5.56 Å². The summed E-state index contributed by atoms with van der Waals surface area (Å²) in [6, 6.07) is 11.7. The van der Waals surface area contributed by atoms with Crippen molar-refractivity contribution in [2.75, 3.05) is 0 Å². The lowest BCUT2D eigenvalue weighted by Crippen LogP contribution is -2.32. The van der Waals surface area contributed by atoms with Crippen LogP contribution in [0.2, 0.25) is 0 Å². The molecule has 1 heterocycles. The summed E-state index contributed by atoms with van der Waals surface area (Å²) in [5.74, 6) is -0.280. The molecule has 0 atom stereocenters. The maximum absolute atomic E-state index is 12.6. The summed E-state index contributed by atoms with van der Waals surface area (Å²) in [5, 5.41) is 0. The molecule has 1 aromatic carbocycles. The van der Waals surface area contributed by atoms with Crippen LogP contribution in [-0.4, -0.2) is 21.8 Å². The largest absolute Gasteiger partial charge is 0.433 e. The van der Waals surface area contributed by atoms with E-state index in [-0.39, 0.29) is 17.5 Å². The third kappa shape index (κ3) is 3.70. The van der Waals surface area contributed by atoms with Gasteiger partial charge in [0.2, 0.25) is 0 Å². The average molecular weight is 320 g/mol. The van der Waals surface area contributed by atoms with Gasteiger partial charge in [-0.1, -0.05) is 30.3 Å². The van der Waals surface area contributed by atoms with E-state index >= 15 is 0 Å². The smallest absolute Gasteiger partial charge is 0.331 e. The van der Waals surface area contributed by atoms with Crippen molar-refractivity contribution in [2.24, 2.45) is 0 Å². The van der Waals surface area contributed by atoms with E-state index in [1.165, 1.54) is 6.07 Å². The predicted octanol–water partition coefficient (Wildman–Crippen LogP) is 3.91. The normalized spacial score (nSPS) is 14.6. The molecule has 0 bridgehead atoms. The van der Waals surface area contributed by atoms with Crippen LogP contribution in [0, 0.1) is 0 Å². The number of benzene rings is 1. The Kier molecular flexibility index (Phi) is 4.07. The van der Waals surface area contributed by atoms with Gasteiger partial charge in [0, 0.05) is 18.8 Å². The molecule has 0 N–H and O–H groups in total. The Hall–Kier alpha value is -2.37. The maximum Gasteiger partial charge on any atom is 0.433 e. The molecule has 0 radical (unpaired) electrons. The molecule has 1 fully saturated rings. The van der Waals surface area contributed by atoms with E-state index < -0.39 is 11.9 Å². The van der Waals surface area contributed by atoms with Crippen LogP contribution in [0.5, 0.6) is 0 Å². The first-order chi connectivity index (χ1) is 10.9. The molecular weight excluding hydrogens is 305 g/mol. The molecule has 1 aliphatic rings. The molecule has 1 aromatic heterocycles. The Labute approximate surface area is 131 Å². The van der Waals surface area contributed by atoms with Crippen LogP contribution < -0.4 is 0 Å². The van der Waals surface area contributed by atoms with Crippen LogP contribution in [0.1, 0.15) is 34.5 Å². The van der Waals surface area contributed by atoms with Crippen molar-refractivity contribution in [3.63, 3.8) is 0 Å². The Morgan fingerprint density at radius 3 is 2.35 bits per heavy atom. The molecule has 120 valence electrons. The molecule has 1 aliphatic carbocycles. The fourth-order valence-corrected chi connectivity index (χ4v) is 2.39. The maximum atomic E-state index is 12.6. The number of carbonyl (C=O) groups is 1. The van der Waals surface area contributed by atoms with Crippen molar-refractivity contribution in [1.29, 1.82) is 0 Å². The zero-order valence-electron chi connectivity index (χ0n) is 12.3. The van der Waals surface area contributed by atoms with Gasteiger partial charge >= 0.3 is 6.18 Å². The standard InChI is InChI=1S/C17H15F3N2O/c18-17(19,20)15-9-6-13(10-21-15)16(23)22(14-7-8-14)11-12-4-2-1-3-5-12/h1-6,9-10,14H,7-8,11H2. The molecule has 0 aliphatic heterocycles. The number of amides is 1. The number of nitrogens with zero attached hydrogens (tertiary/aromatic N) is 2. The summed E-state index contributed by atoms with van der Waals surface area (Å²) in [6.07, 6.45) is -1.65. The highest BCUT2D eigenvalue weighted by molar-refractivity contribution is 5.94. The van der Waals surface area contributed by atoms with Crippen LogP contribution in [0.25, 0.3) is 0 Å². The molecule has 3 nitrogen and oxygen atoms in total. The van der Waals surface area contributed by atoms with Gasteiger partial charge < -0.3 is 4.90 Å². The summed E-state index contributed by atoms with van der Waals surface area (Å²) in [5.41, 5.74) is 0.184. The highest BCUT2D eigenvalue weighted by Crippen LogP contribution is 2.31. The lowest BCUT2D eigenvalue weighted by atomic mass is 10.1. The van der Waals surface area contributed by atoms with Gasteiger partial charge in [0.25, 0.3) is 5.91 Å². The first-order valence-electron chi connectivity index (χ1n) is 7.33. The van der Waals surface area contributed by atoms with E-state index in [1.807, 2.05) is 30.3 Å². The molecule has 2 aromatic rings. The molecular formula is C17H15F3N2O. The van der Waals surface area contributed by atoms with Crippen LogP contribution in [-0.2, 0) is 12.7 Å². The first kappa shape index (κ1) is 15.5. The highest BCUT2D eigenvalue weighted by Gasteiger charge is 2.35.